The second-order valence-corrected chi connectivity index (χ2v) is 8.14. The van der Waals surface area contributed by atoms with Crippen molar-refractivity contribution in [3.05, 3.63) is 52.9 Å². The van der Waals surface area contributed by atoms with E-state index in [1.165, 1.54) is 0 Å². The van der Waals surface area contributed by atoms with Gasteiger partial charge >= 0.3 is 0 Å². The maximum absolute atomic E-state index is 13.0. The predicted molar refractivity (Wildman–Crippen MR) is 120 cm³/mol. The number of H-pyrrole nitrogens is 1. The van der Waals surface area contributed by atoms with Crippen LogP contribution in [0.25, 0.3) is 11.3 Å². The van der Waals surface area contributed by atoms with Crippen molar-refractivity contribution in [2.45, 2.75) is 25.2 Å². The Kier molecular flexibility index (Phi) is 5.19. The number of nitrogens with one attached hydrogen (secondary N) is 3. The number of para-hydroxylation sites is 1. The number of nitrogens with zero attached hydrogens (tertiary/aromatic N) is 1. The number of amides is 1. The molecule has 4 heterocycles. The highest BCUT2D eigenvalue weighted by Gasteiger charge is 2.33. The number of pyridine rings is 1. The molecule has 0 radical (unpaired) electrons. The molecule has 3 aromatic rings. The van der Waals surface area contributed by atoms with Gasteiger partial charge in [-0.15, -0.1) is 0 Å². The molecule has 5 rings (SSSR count). The SMILES string of the molecule is COc1c(Cl)cccc1Nc1c2[nH]c3c1C(=O)NCC3CCCCOc1cnccc1-2. The third-order valence-corrected chi connectivity index (χ3v) is 6.16. The molecule has 1 unspecified atom stereocenters. The standard InChI is InChI=1S/C23H23ClN4O3/c1-30-22-15(24)6-4-7-16(22)27-21-18-19-13(11-26-23(18)29)5-2-3-10-31-17-12-25-9-8-14(17)20(21)28-19/h4,6-9,12-13,27-28H,2-3,5,10-11H2,1H3,(H,26,29). The number of hydrogen-bond donors (Lipinski definition) is 3. The molecule has 0 saturated carbocycles. The van der Waals surface area contributed by atoms with E-state index in [-0.39, 0.29) is 11.8 Å². The van der Waals surface area contributed by atoms with Gasteiger partial charge in [-0.05, 0) is 37.5 Å². The Morgan fingerprint density at radius 2 is 2.19 bits per heavy atom. The molecule has 0 saturated heterocycles. The van der Waals surface area contributed by atoms with Crippen LogP contribution in [0.4, 0.5) is 11.4 Å². The van der Waals surface area contributed by atoms with Gasteiger partial charge in [-0.1, -0.05) is 17.7 Å². The minimum absolute atomic E-state index is 0.106. The fourth-order valence-corrected chi connectivity index (χ4v) is 4.62. The van der Waals surface area contributed by atoms with Crippen LogP contribution < -0.4 is 20.1 Å². The van der Waals surface area contributed by atoms with Crippen LogP contribution in [-0.2, 0) is 0 Å². The summed E-state index contributed by atoms with van der Waals surface area (Å²) >= 11 is 6.34. The summed E-state index contributed by atoms with van der Waals surface area (Å²) in [6.07, 6.45) is 6.36. The average Bonchev–Trinajstić information content (AvgIpc) is 3.13. The maximum atomic E-state index is 13.0. The molecule has 160 valence electrons. The van der Waals surface area contributed by atoms with Gasteiger partial charge in [0.1, 0.15) is 5.75 Å². The van der Waals surface area contributed by atoms with Crippen LogP contribution in [-0.4, -0.2) is 36.1 Å². The Morgan fingerprint density at radius 3 is 3.06 bits per heavy atom. The van der Waals surface area contributed by atoms with Crippen LogP contribution in [0.15, 0.2) is 36.7 Å². The number of halogens is 1. The molecule has 0 fully saturated rings. The molecule has 2 bridgehead atoms. The van der Waals surface area contributed by atoms with E-state index >= 15 is 0 Å². The number of aromatic nitrogens is 2. The highest BCUT2D eigenvalue weighted by molar-refractivity contribution is 6.32. The number of rotatable bonds is 3. The molecular formula is C23H23ClN4O3. The number of fused-ring (bicyclic) bond motifs is 3. The second-order valence-electron chi connectivity index (χ2n) is 7.73. The maximum Gasteiger partial charge on any atom is 0.255 e. The van der Waals surface area contributed by atoms with E-state index in [2.05, 4.69) is 20.6 Å². The van der Waals surface area contributed by atoms with E-state index in [1.54, 1.807) is 25.6 Å². The molecule has 0 aliphatic carbocycles. The number of carbonyl (C=O) groups is 1. The Bertz CT molecular complexity index is 1140. The fourth-order valence-electron chi connectivity index (χ4n) is 4.37. The van der Waals surface area contributed by atoms with Crippen molar-refractivity contribution in [3.63, 3.8) is 0 Å². The summed E-state index contributed by atoms with van der Waals surface area (Å²) in [6, 6.07) is 7.38. The van der Waals surface area contributed by atoms with Gasteiger partial charge in [0.15, 0.2) is 5.75 Å². The molecule has 2 aromatic heterocycles. The summed E-state index contributed by atoms with van der Waals surface area (Å²) in [5.41, 5.74) is 4.56. The van der Waals surface area contributed by atoms with Gasteiger partial charge in [0.05, 0.1) is 47.6 Å². The molecule has 0 spiro atoms. The highest BCUT2D eigenvalue weighted by atomic mass is 35.5. The number of ether oxygens (including phenoxy) is 2. The van der Waals surface area contributed by atoms with Crippen LogP contribution in [0.5, 0.6) is 11.5 Å². The lowest BCUT2D eigenvalue weighted by atomic mass is 9.91. The van der Waals surface area contributed by atoms with E-state index in [9.17, 15) is 4.79 Å². The van der Waals surface area contributed by atoms with Gasteiger partial charge in [-0.2, -0.15) is 0 Å². The van der Waals surface area contributed by atoms with Gasteiger partial charge in [0, 0.05) is 29.9 Å². The third-order valence-electron chi connectivity index (χ3n) is 5.86. The summed E-state index contributed by atoms with van der Waals surface area (Å²) in [4.78, 5) is 20.8. The number of benzene rings is 1. The lowest BCUT2D eigenvalue weighted by Gasteiger charge is -2.24. The smallest absolute Gasteiger partial charge is 0.255 e. The van der Waals surface area contributed by atoms with Crippen LogP contribution in [0.1, 0.15) is 41.2 Å². The first-order valence-electron chi connectivity index (χ1n) is 10.4. The number of anilines is 2. The number of methoxy groups -OCH3 is 1. The van der Waals surface area contributed by atoms with Crippen molar-refractivity contribution in [1.82, 2.24) is 15.3 Å². The first-order valence-corrected chi connectivity index (χ1v) is 10.8. The molecule has 1 aromatic carbocycles. The molecule has 7 nitrogen and oxygen atoms in total. The van der Waals surface area contributed by atoms with E-state index in [0.29, 0.717) is 46.6 Å². The summed E-state index contributed by atoms with van der Waals surface area (Å²) < 4.78 is 11.6. The third kappa shape index (κ3) is 3.49. The topological polar surface area (TPSA) is 88.3 Å². The largest absolute Gasteiger partial charge is 0.493 e. The van der Waals surface area contributed by atoms with Gasteiger partial charge in [0.25, 0.3) is 5.91 Å². The number of aromatic amines is 1. The summed E-state index contributed by atoms with van der Waals surface area (Å²) in [5.74, 6) is 1.31. The molecule has 3 N–H and O–H groups in total. The van der Waals surface area contributed by atoms with Gasteiger partial charge in [-0.25, -0.2) is 0 Å². The van der Waals surface area contributed by atoms with Crippen LogP contribution in [0.3, 0.4) is 0 Å². The Hall–Kier alpha value is -3.19. The number of hydrogen-bond acceptors (Lipinski definition) is 5. The Labute approximate surface area is 185 Å². The van der Waals surface area contributed by atoms with Gasteiger partial charge in [0.2, 0.25) is 0 Å². The first kappa shape index (κ1) is 19.8. The zero-order chi connectivity index (χ0) is 21.4. The minimum Gasteiger partial charge on any atom is -0.493 e. The van der Waals surface area contributed by atoms with Crippen LogP contribution in [0, 0.1) is 0 Å². The fraction of sp³-hybridized carbons (Fsp3) is 0.304. The summed E-state index contributed by atoms with van der Waals surface area (Å²) in [6.45, 7) is 1.25. The van der Waals surface area contributed by atoms with Crippen molar-refractivity contribution < 1.29 is 14.3 Å². The Balaban J connectivity index is 1.74. The summed E-state index contributed by atoms with van der Waals surface area (Å²) in [5, 5.41) is 6.97. The molecule has 1 amide bonds. The molecule has 2 aliphatic rings. The predicted octanol–water partition coefficient (Wildman–Crippen LogP) is 4.87. The van der Waals surface area contributed by atoms with Crippen molar-refractivity contribution in [2.75, 3.05) is 25.6 Å². The molecular weight excluding hydrogens is 416 g/mol. The van der Waals surface area contributed by atoms with Gasteiger partial charge < -0.3 is 25.1 Å². The monoisotopic (exact) mass is 438 g/mol. The molecule has 1 atom stereocenters. The van der Waals surface area contributed by atoms with Crippen molar-refractivity contribution >= 4 is 28.9 Å². The van der Waals surface area contributed by atoms with E-state index in [4.69, 9.17) is 21.1 Å². The zero-order valence-electron chi connectivity index (χ0n) is 17.1. The van der Waals surface area contributed by atoms with Gasteiger partial charge in [-0.3, -0.25) is 9.78 Å². The molecule has 8 heteroatoms. The van der Waals surface area contributed by atoms with Crippen molar-refractivity contribution in [3.8, 4) is 22.8 Å². The van der Waals surface area contributed by atoms with E-state index in [1.807, 2.05) is 18.2 Å². The Morgan fingerprint density at radius 1 is 1.29 bits per heavy atom. The quantitative estimate of drug-likeness (QED) is 0.542. The van der Waals surface area contributed by atoms with Crippen LogP contribution >= 0.6 is 11.6 Å². The average molecular weight is 439 g/mol. The zero-order valence-corrected chi connectivity index (χ0v) is 17.9. The highest BCUT2D eigenvalue weighted by Crippen LogP contribution is 2.45. The second kappa shape index (κ2) is 8.15. The lowest BCUT2D eigenvalue weighted by molar-refractivity contribution is 0.0939. The first-order chi connectivity index (χ1) is 15.2. The van der Waals surface area contributed by atoms with E-state index < -0.39 is 0 Å². The molecule has 31 heavy (non-hydrogen) atoms. The molecule has 2 aliphatic heterocycles. The lowest BCUT2D eigenvalue weighted by Crippen LogP contribution is -2.35. The number of carbonyl (C=O) groups excluding carboxylic acids is 1. The normalized spacial score (nSPS) is 17.6. The van der Waals surface area contributed by atoms with Crippen molar-refractivity contribution in [2.24, 2.45) is 0 Å². The van der Waals surface area contributed by atoms with Crippen LogP contribution in [0.2, 0.25) is 5.02 Å². The van der Waals surface area contributed by atoms with E-state index in [0.717, 1.165) is 36.2 Å². The summed E-state index contributed by atoms with van der Waals surface area (Å²) in [7, 11) is 1.57. The minimum atomic E-state index is -0.106. The van der Waals surface area contributed by atoms with Crippen molar-refractivity contribution in [1.29, 1.82) is 0 Å².